The number of carbonyl (C=O) groups excluding carboxylic acids is 1. The van der Waals surface area contributed by atoms with Gasteiger partial charge in [0.05, 0.1) is 0 Å². The van der Waals surface area contributed by atoms with E-state index in [4.69, 9.17) is 34.8 Å². The molecule has 0 unspecified atom stereocenters. The Morgan fingerprint density at radius 2 is 1.80 bits per heavy atom. The number of carbonyl (C=O) groups is 1. The number of hydrogen-bond acceptors (Lipinski definition) is 1. The Morgan fingerprint density at radius 3 is 2.27 bits per heavy atom. The van der Waals surface area contributed by atoms with Crippen molar-refractivity contribution in [2.75, 3.05) is 0 Å². The van der Waals surface area contributed by atoms with Crippen LogP contribution in [0, 0.1) is 0 Å². The molecule has 0 fully saturated rings. The van der Waals surface area contributed by atoms with Crippen molar-refractivity contribution in [3.63, 3.8) is 0 Å². The molecular formula is C9H10Cl3N2O+. The molecule has 6 heteroatoms. The Morgan fingerprint density at radius 1 is 1.27 bits per heavy atom. The summed E-state index contributed by atoms with van der Waals surface area (Å²) in [6, 6.07) is 6.49. The summed E-state index contributed by atoms with van der Waals surface area (Å²) in [5.41, 5.74) is 4.09. The Bertz CT molecular complexity index is 340. The summed E-state index contributed by atoms with van der Waals surface area (Å²) in [7, 11) is 0. The van der Waals surface area contributed by atoms with Crippen molar-refractivity contribution in [2.45, 2.75) is 11.0 Å². The number of alkyl halides is 2. The molecule has 0 saturated heterocycles. The molecular weight excluding hydrogens is 258 g/mol. The van der Waals surface area contributed by atoms with Crippen molar-refractivity contribution in [1.29, 1.82) is 0 Å². The average molecular weight is 269 g/mol. The second-order valence-corrected chi connectivity index (χ2v) is 4.52. The summed E-state index contributed by atoms with van der Waals surface area (Å²) in [5.74, 6) is -0.280. The number of halogens is 3. The van der Waals surface area contributed by atoms with Crippen LogP contribution in [0.15, 0.2) is 24.3 Å². The summed E-state index contributed by atoms with van der Waals surface area (Å²) in [4.78, 5) is 10.8. The Labute approximate surface area is 102 Å². The van der Waals surface area contributed by atoms with Gasteiger partial charge in [0.25, 0.3) is 5.91 Å². The van der Waals surface area contributed by atoms with Gasteiger partial charge in [-0.05, 0) is 24.3 Å². The summed E-state index contributed by atoms with van der Waals surface area (Å²) in [5, 5.41) is 3.13. The third-order valence-corrected chi connectivity index (χ3v) is 2.59. The number of rotatable bonds is 3. The third kappa shape index (κ3) is 3.87. The minimum atomic E-state index is -0.735. The lowest BCUT2D eigenvalue weighted by Gasteiger charge is -2.11. The normalized spacial score (nSPS) is 12.6. The smallest absolute Gasteiger partial charge is 0.255 e. The molecule has 0 bridgehead atoms. The predicted molar refractivity (Wildman–Crippen MR) is 61.1 cm³/mol. The van der Waals surface area contributed by atoms with Gasteiger partial charge in [0.1, 0.15) is 0 Å². The highest BCUT2D eigenvalue weighted by molar-refractivity contribution is 6.44. The highest BCUT2D eigenvalue weighted by atomic mass is 35.5. The van der Waals surface area contributed by atoms with E-state index in [2.05, 4.69) is 11.1 Å². The zero-order chi connectivity index (χ0) is 11.4. The van der Waals surface area contributed by atoms with E-state index in [-0.39, 0.29) is 5.91 Å². The van der Waals surface area contributed by atoms with Gasteiger partial charge in [0.15, 0.2) is 11.0 Å². The molecule has 0 aliphatic carbocycles. The minimum absolute atomic E-state index is 0.280. The highest BCUT2D eigenvalue weighted by Gasteiger charge is 2.18. The summed E-state index contributed by atoms with van der Waals surface area (Å²) in [6.45, 7) is 0. The summed E-state index contributed by atoms with van der Waals surface area (Å²) in [6.07, 6.45) is -0.545. The van der Waals surface area contributed by atoms with Crippen LogP contribution in [0.3, 0.4) is 0 Å². The van der Waals surface area contributed by atoms with Crippen LogP contribution < -0.4 is 11.1 Å². The topological polar surface area (TPSA) is 56.7 Å². The monoisotopic (exact) mass is 267 g/mol. The van der Waals surface area contributed by atoms with Crippen molar-refractivity contribution in [3.8, 4) is 0 Å². The van der Waals surface area contributed by atoms with E-state index in [1.165, 1.54) is 0 Å². The molecule has 82 valence electrons. The van der Waals surface area contributed by atoms with Crippen LogP contribution >= 0.6 is 34.8 Å². The van der Waals surface area contributed by atoms with Gasteiger partial charge in [-0.25, -0.2) is 0 Å². The Hall–Kier alpha value is -0.480. The lowest BCUT2D eigenvalue weighted by Crippen LogP contribution is -2.71. The average Bonchev–Trinajstić information content (AvgIpc) is 2.18. The van der Waals surface area contributed by atoms with E-state index in [9.17, 15) is 4.79 Å². The first-order valence-corrected chi connectivity index (χ1v) is 5.43. The van der Waals surface area contributed by atoms with Crippen LogP contribution in [0.2, 0.25) is 5.02 Å². The fourth-order valence-corrected chi connectivity index (χ4v) is 1.17. The molecule has 1 amide bonds. The lowest BCUT2D eigenvalue weighted by molar-refractivity contribution is -0.420. The van der Waals surface area contributed by atoms with Crippen molar-refractivity contribution in [1.82, 2.24) is 5.32 Å². The van der Waals surface area contributed by atoms with Gasteiger partial charge in [-0.15, -0.1) is 0 Å². The molecule has 0 aliphatic rings. The zero-order valence-corrected chi connectivity index (χ0v) is 9.98. The molecule has 1 aromatic rings. The summed E-state index contributed by atoms with van der Waals surface area (Å²) >= 11 is 16.8. The maximum atomic E-state index is 11.6. The first-order chi connectivity index (χ1) is 7.00. The zero-order valence-electron chi connectivity index (χ0n) is 7.71. The largest absolute Gasteiger partial charge is 0.336 e. The summed E-state index contributed by atoms with van der Waals surface area (Å²) < 4.78 is 0. The second-order valence-electron chi connectivity index (χ2n) is 2.92. The van der Waals surface area contributed by atoms with E-state index >= 15 is 0 Å². The predicted octanol–water partition coefficient (Wildman–Crippen LogP) is 1.44. The minimum Gasteiger partial charge on any atom is -0.336 e. The number of amides is 1. The number of nitrogens with one attached hydrogen (secondary N) is 1. The van der Waals surface area contributed by atoms with Crippen LogP contribution in [0.1, 0.15) is 10.4 Å². The molecule has 3 nitrogen and oxygen atoms in total. The number of benzene rings is 1. The van der Waals surface area contributed by atoms with Gasteiger partial charge in [0.2, 0.25) is 0 Å². The number of hydrogen-bond donors (Lipinski definition) is 2. The molecule has 0 radical (unpaired) electrons. The molecule has 0 spiro atoms. The van der Waals surface area contributed by atoms with Crippen LogP contribution in [-0.4, -0.2) is 16.9 Å². The third-order valence-electron chi connectivity index (χ3n) is 1.73. The van der Waals surface area contributed by atoms with E-state index in [1.807, 2.05) is 0 Å². The maximum Gasteiger partial charge on any atom is 0.255 e. The van der Waals surface area contributed by atoms with Gasteiger partial charge in [-0.2, -0.15) is 0 Å². The maximum absolute atomic E-state index is 11.6. The van der Waals surface area contributed by atoms with Gasteiger partial charge < -0.3 is 11.1 Å². The van der Waals surface area contributed by atoms with Crippen LogP contribution in [0.25, 0.3) is 0 Å². The van der Waals surface area contributed by atoms with Crippen molar-refractivity contribution in [2.24, 2.45) is 0 Å². The Balaban J connectivity index is 2.65. The van der Waals surface area contributed by atoms with E-state index in [0.29, 0.717) is 10.6 Å². The highest BCUT2D eigenvalue weighted by Crippen LogP contribution is 2.10. The molecule has 4 N–H and O–H groups in total. The van der Waals surface area contributed by atoms with Gasteiger partial charge in [-0.3, -0.25) is 4.79 Å². The fraction of sp³-hybridized carbons (Fsp3) is 0.222. The quantitative estimate of drug-likeness (QED) is 0.632. The molecule has 0 aromatic heterocycles. The standard InChI is InChI=1S/C9H9Cl3N2O/c10-6-3-1-5(2-4-6)9(15)14-8(13)7(11)12/h1-4,7-8H,13H2,(H,14,15)/p+1/t8-/m0/s1. The van der Waals surface area contributed by atoms with Gasteiger partial charge in [0, 0.05) is 10.6 Å². The van der Waals surface area contributed by atoms with Crippen LogP contribution in [0.4, 0.5) is 0 Å². The van der Waals surface area contributed by atoms with Crippen molar-refractivity contribution in [3.05, 3.63) is 34.9 Å². The lowest BCUT2D eigenvalue weighted by atomic mass is 10.2. The Kier molecular flexibility index (Phi) is 4.67. The van der Waals surface area contributed by atoms with Crippen LogP contribution in [-0.2, 0) is 0 Å². The van der Waals surface area contributed by atoms with Crippen LogP contribution in [0.5, 0.6) is 0 Å². The van der Waals surface area contributed by atoms with E-state index in [1.54, 1.807) is 24.3 Å². The fourth-order valence-electron chi connectivity index (χ4n) is 0.916. The SMILES string of the molecule is [NH3+][C@@H](NC(=O)c1ccc(Cl)cc1)C(Cl)Cl. The first-order valence-electron chi connectivity index (χ1n) is 4.18. The molecule has 0 aliphatic heterocycles. The van der Waals surface area contributed by atoms with E-state index < -0.39 is 11.0 Å². The molecule has 0 saturated carbocycles. The molecule has 1 rings (SSSR count). The van der Waals surface area contributed by atoms with Gasteiger partial charge >= 0.3 is 0 Å². The second kappa shape index (κ2) is 5.56. The van der Waals surface area contributed by atoms with Gasteiger partial charge in [-0.1, -0.05) is 34.8 Å². The van der Waals surface area contributed by atoms with Crippen molar-refractivity contribution >= 4 is 40.7 Å². The number of quaternary nitrogens is 1. The first kappa shape index (κ1) is 12.6. The molecule has 1 atom stereocenters. The molecule has 0 heterocycles. The molecule has 1 aromatic carbocycles. The van der Waals surface area contributed by atoms with Crippen molar-refractivity contribution < 1.29 is 10.5 Å². The van der Waals surface area contributed by atoms with E-state index in [0.717, 1.165) is 0 Å². The molecule has 15 heavy (non-hydrogen) atoms.